The molecule has 4 nitrogen and oxygen atoms in total. The van der Waals surface area contributed by atoms with Crippen molar-refractivity contribution in [2.45, 2.75) is 41.0 Å². The molecule has 0 spiro atoms. The van der Waals surface area contributed by atoms with Crippen LogP contribution < -0.4 is 14.8 Å². The highest BCUT2D eigenvalue weighted by molar-refractivity contribution is 6.00. The van der Waals surface area contributed by atoms with Gasteiger partial charge in [0.05, 0.1) is 7.11 Å². The van der Waals surface area contributed by atoms with E-state index in [0.29, 0.717) is 5.57 Å². The van der Waals surface area contributed by atoms with Crippen LogP contribution in [0.15, 0.2) is 71.9 Å². The zero-order valence-corrected chi connectivity index (χ0v) is 20.7. The van der Waals surface area contributed by atoms with E-state index in [0.717, 1.165) is 40.1 Å². The summed E-state index contributed by atoms with van der Waals surface area (Å²) < 4.78 is 46.4. The Bertz CT molecular complexity index is 1190. The molecule has 0 heterocycles. The van der Waals surface area contributed by atoms with Crippen LogP contribution in [0.5, 0.6) is 11.5 Å². The number of carbonyl (C=O) groups is 1. The monoisotopic (exact) mass is 485 g/mol. The Kier molecular flexibility index (Phi) is 9.51. The molecule has 0 unspecified atom stereocenters. The first-order valence-corrected chi connectivity index (χ1v) is 10.9. The summed E-state index contributed by atoms with van der Waals surface area (Å²) in [5, 5.41) is 2.53. The van der Waals surface area contributed by atoms with Crippen LogP contribution in [0.25, 0.3) is 6.08 Å². The molecule has 7 heteroatoms. The van der Waals surface area contributed by atoms with E-state index >= 15 is 0 Å². The molecule has 0 fully saturated rings. The van der Waals surface area contributed by atoms with Crippen molar-refractivity contribution in [3.63, 3.8) is 0 Å². The van der Waals surface area contributed by atoms with Gasteiger partial charge in [0.15, 0.2) is 0 Å². The van der Waals surface area contributed by atoms with Gasteiger partial charge in [-0.3, -0.25) is 4.79 Å². The number of aryl methyl sites for hydroxylation is 1. The Morgan fingerprint density at radius 1 is 1.00 bits per heavy atom. The Morgan fingerprint density at radius 3 is 2.37 bits per heavy atom. The number of nitrogens with one attached hydrogen (secondary N) is 1. The molecule has 1 amide bonds. The third-order valence-electron chi connectivity index (χ3n) is 5.25. The van der Waals surface area contributed by atoms with Gasteiger partial charge >= 0.3 is 6.36 Å². The summed E-state index contributed by atoms with van der Waals surface area (Å²) in [5.41, 5.74) is 6.45. The number of ether oxygens (including phenoxy) is 2. The number of alkyl halides is 3. The lowest BCUT2D eigenvalue weighted by atomic mass is 9.96. The second-order valence-corrected chi connectivity index (χ2v) is 8.12. The summed E-state index contributed by atoms with van der Waals surface area (Å²) in [6.07, 6.45) is 6.18. The second-order valence-electron chi connectivity index (χ2n) is 8.12. The summed E-state index contributed by atoms with van der Waals surface area (Å²) in [6.45, 7) is 9.89. The second kappa shape index (κ2) is 12.1. The van der Waals surface area contributed by atoms with Crippen LogP contribution in [0.3, 0.4) is 0 Å². The first-order chi connectivity index (χ1) is 16.4. The van der Waals surface area contributed by atoms with Gasteiger partial charge in [-0.15, -0.1) is 13.2 Å². The Hall–Kier alpha value is -3.74. The quantitative estimate of drug-likeness (QED) is 0.309. The first kappa shape index (κ1) is 27.5. The topological polar surface area (TPSA) is 47.6 Å². The molecule has 2 aromatic carbocycles. The van der Waals surface area contributed by atoms with Gasteiger partial charge in [-0.1, -0.05) is 42.0 Å². The Balaban J connectivity index is 2.02. The number of amides is 1. The highest BCUT2D eigenvalue weighted by atomic mass is 19.4. The molecule has 0 aliphatic carbocycles. The number of hydrogen-bond donors (Lipinski definition) is 1. The van der Waals surface area contributed by atoms with Gasteiger partial charge < -0.3 is 14.8 Å². The van der Waals surface area contributed by atoms with Gasteiger partial charge in [0.25, 0.3) is 0 Å². The van der Waals surface area contributed by atoms with Crippen LogP contribution in [-0.2, 0) is 4.79 Å². The molecule has 2 aromatic rings. The van der Waals surface area contributed by atoms with E-state index in [1.807, 2.05) is 45.1 Å². The summed E-state index contributed by atoms with van der Waals surface area (Å²) in [6, 6.07) is 7.14. The van der Waals surface area contributed by atoms with Crippen LogP contribution in [0, 0.1) is 20.8 Å². The molecule has 1 N–H and O–H groups in total. The van der Waals surface area contributed by atoms with Crippen LogP contribution in [0.1, 0.15) is 36.1 Å². The van der Waals surface area contributed by atoms with Crippen LogP contribution >= 0.6 is 0 Å². The fourth-order valence-corrected chi connectivity index (χ4v) is 3.36. The largest absolute Gasteiger partial charge is 0.573 e. The van der Waals surface area contributed by atoms with Crippen LogP contribution in [0.4, 0.5) is 18.9 Å². The van der Waals surface area contributed by atoms with Gasteiger partial charge in [-0.25, -0.2) is 0 Å². The highest BCUT2D eigenvalue weighted by Crippen LogP contribution is 2.28. The summed E-state index contributed by atoms with van der Waals surface area (Å²) in [7, 11) is 1.67. The van der Waals surface area contributed by atoms with Gasteiger partial charge in [0.2, 0.25) is 5.91 Å². The molecule has 0 saturated heterocycles. The lowest BCUT2D eigenvalue weighted by Gasteiger charge is -2.13. The minimum absolute atomic E-state index is 0.199. The SMILES string of the molecule is COc1cc(C)c(C=CC(C)=CC=CC(C)=CC(=O)Nc2cccc(OC(F)(F)F)c2)c(C)c1C. The van der Waals surface area contributed by atoms with Crippen molar-refractivity contribution in [2.24, 2.45) is 0 Å². The number of carbonyl (C=O) groups excluding carboxylic acids is 1. The fourth-order valence-electron chi connectivity index (χ4n) is 3.36. The highest BCUT2D eigenvalue weighted by Gasteiger charge is 2.31. The standard InChI is InChI=1S/C28H30F3NO3/c1-18(13-14-25-20(3)16-26(34-6)22(5)21(25)4)9-7-10-19(2)15-27(33)32-23-11-8-12-24(17-23)35-28(29,30)31/h7-17H,1-6H3,(H,32,33). The molecule has 0 aliphatic rings. The van der Waals surface area contributed by atoms with Crippen molar-refractivity contribution in [1.29, 1.82) is 0 Å². The van der Waals surface area contributed by atoms with Crippen molar-refractivity contribution in [3.05, 3.63) is 94.1 Å². The number of rotatable bonds is 8. The maximum absolute atomic E-state index is 12.4. The molecule has 35 heavy (non-hydrogen) atoms. The van der Waals surface area contributed by atoms with E-state index in [4.69, 9.17) is 4.74 Å². The summed E-state index contributed by atoms with van der Waals surface area (Å²) >= 11 is 0. The summed E-state index contributed by atoms with van der Waals surface area (Å²) in [5.74, 6) is 0.0125. The number of allylic oxidation sites excluding steroid dienone is 6. The van der Waals surface area contributed by atoms with Gasteiger partial charge in [-0.2, -0.15) is 0 Å². The van der Waals surface area contributed by atoms with E-state index in [-0.39, 0.29) is 5.69 Å². The van der Waals surface area contributed by atoms with E-state index in [9.17, 15) is 18.0 Å². The normalized spacial score (nSPS) is 12.9. The minimum Gasteiger partial charge on any atom is -0.496 e. The molecule has 0 saturated carbocycles. The molecular weight excluding hydrogens is 455 g/mol. The van der Waals surface area contributed by atoms with Crippen molar-refractivity contribution >= 4 is 17.7 Å². The van der Waals surface area contributed by atoms with E-state index in [1.54, 1.807) is 20.1 Å². The van der Waals surface area contributed by atoms with Crippen molar-refractivity contribution in [3.8, 4) is 11.5 Å². The molecule has 2 rings (SSSR count). The lowest BCUT2D eigenvalue weighted by molar-refractivity contribution is -0.274. The Morgan fingerprint density at radius 2 is 1.71 bits per heavy atom. The van der Waals surface area contributed by atoms with E-state index in [1.165, 1.54) is 23.8 Å². The maximum Gasteiger partial charge on any atom is 0.573 e. The number of methoxy groups -OCH3 is 1. The molecular formula is C28H30F3NO3. The predicted octanol–water partition coefficient (Wildman–Crippen LogP) is 7.62. The number of benzene rings is 2. The molecule has 0 radical (unpaired) electrons. The number of anilines is 1. The van der Waals surface area contributed by atoms with Crippen LogP contribution in [0.2, 0.25) is 0 Å². The average Bonchev–Trinajstić information content (AvgIpc) is 2.75. The zero-order valence-electron chi connectivity index (χ0n) is 20.7. The number of halogens is 3. The van der Waals surface area contributed by atoms with Gasteiger partial charge in [0, 0.05) is 17.8 Å². The zero-order chi connectivity index (χ0) is 26.2. The average molecular weight is 486 g/mol. The van der Waals surface area contributed by atoms with Crippen LogP contribution in [-0.4, -0.2) is 19.4 Å². The fraction of sp³-hybridized carbons (Fsp3) is 0.250. The molecule has 0 atom stereocenters. The molecule has 0 aliphatic heterocycles. The predicted molar refractivity (Wildman–Crippen MR) is 135 cm³/mol. The Labute approximate surface area is 204 Å². The van der Waals surface area contributed by atoms with E-state index in [2.05, 4.69) is 23.1 Å². The lowest BCUT2D eigenvalue weighted by Crippen LogP contribution is -2.17. The van der Waals surface area contributed by atoms with E-state index < -0.39 is 18.0 Å². The first-order valence-electron chi connectivity index (χ1n) is 10.9. The molecule has 0 aromatic heterocycles. The molecule has 186 valence electrons. The molecule has 0 bridgehead atoms. The van der Waals surface area contributed by atoms with Crippen molar-refractivity contribution < 1.29 is 27.4 Å². The maximum atomic E-state index is 12.4. The third-order valence-corrected chi connectivity index (χ3v) is 5.25. The summed E-state index contributed by atoms with van der Waals surface area (Å²) in [4.78, 5) is 12.2. The third kappa shape index (κ3) is 8.85. The van der Waals surface area contributed by atoms with Crippen molar-refractivity contribution in [1.82, 2.24) is 0 Å². The van der Waals surface area contributed by atoms with Crippen molar-refractivity contribution in [2.75, 3.05) is 12.4 Å². The van der Waals surface area contributed by atoms with Gasteiger partial charge in [0.1, 0.15) is 11.5 Å². The number of hydrogen-bond acceptors (Lipinski definition) is 3. The smallest absolute Gasteiger partial charge is 0.496 e. The minimum atomic E-state index is -4.80. The van der Waals surface area contributed by atoms with Gasteiger partial charge in [-0.05, 0) is 80.6 Å².